The van der Waals surface area contributed by atoms with Crippen LogP contribution < -0.4 is 4.74 Å². The number of aromatic nitrogens is 3. The van der Waals surface area contributed by atoms with Gasteiger partial charge >= 0.3 is 6.18 Å². The van der Waals surface area contributed by atoms with Gasteiger partial charge in [-0.05, 0) is 24.6 Å². The Bertz CT molecular complexity index is 1140. The zero-order chi connectivity index (χ0) is 20.5. The molecule has 3 aromatic rings. The molecule has 0 amide bonds. The molecule has 0 aliphatic rings. The molecule has 0 aliphatic heterocycles. The molecular weight excluding hydrogens is 395 g/mol. The number of imidazole rings is 1. The lowest BCUT2D eigenvalue weighted by Gasteiger charge is -2.15. The van der Waals surface area contributed by atoms with E-state index in [1.54, 1.807) is 25.1 Å². The van der Waals surface area contributed by atoms with Crippen LogP contribution in [0.5, 0.6) is 11.6 Å². The van der Waals surface area contributed by atoms with Gasteiger partial charge in [-0.1, -0.05) is 23.7 Å². The van der Waals surface area contributed by atoms with E-state index in [1.807, 2.05) is 12.1 Å². The van der Waals surface area contributed by atoms with Crippen molar-refractivity contribution in [3.8, 4) is 29.5 Å². The molecule has 0 atom stereocenters. The molecule has 2 heterocycles. The van der Waals surface area contributed by atoms with E-state index in [0.29, 0.717) is 23.5 Å². The summed E-state index contributed by atoms with van der Waals surface area (Å²) in [6, 6.07) is 9.41. The Balaban J connectivity index is 2.10. The molecule has 0 aliphatic carbocycles. The third kappa shape index (κ3) is 3.48. The van der Waals surface area contributed by atoms with Crippen LogP contribution in [0, 0.1) is 29.6 Å². The molecule has 28 heavy (non-hydrogen) atoms. The van der Waals surface area contributed by atoms with Gasteiger partial charge in [0, 0.05) is 6.20 Å². The fraction of sp³-hybridized carbons (Fsp3) is 0.111. The number of alkyl halides is 3. The molecule has 6 nitrogen and oxygen atoms in total. The molecule has 3 rings (SSSR count). The summed E-state index contributed by atoms with van der Waals surface area (Å²) in [4.78, 5) is 7.54. The van der Waals surface area contributed by atoms with Gasteiger partial charge in [0.25, 0.3) is 0 Å². The molecule has 10 heteroatoms. The maximum atomic E-state index is 12.8. The zero-order valence-electron chi connectivity index (χ0n) is 14.1. The second-order valence-electron chi connectivity index (χ2n) is 5.57. The second kappa shape index (κ2) is 7.22. The minimum absolute atomic E-state index is 0.00979. The van der Waals surface area contributed by atoms with Gasteiger partial charge in [0.15, 0.2) is 17.1 Å². The van der Waals surface area contributed by atoms with Gasteiger partial charge in [-0.15, -0.1) is 0 Å². The number of rotatable bonds is 3. The molecular formula is C18H9ClF3N5O. The van der Waals surface area contributed by atoms with Crippen molar-refractivity contribution in [1.82, 2.24) is 14.5 Å². The van der Waals surface area contributed by atoms with Gasteiger partial charge in [-0.2, -0.15) is 23.7 Å². The minimum atomic E-state index is -4.59. The van der Waals surface area contributed by atoms with Crippen molar-refractivity contribution in [3.63, 3.8) is 0 Å². The molecule has 140 valence electrons. The number of pyridine rings is 1. The smallest absolute Gasteiger partial charge is 0.417 e. The van der Waals surface area contributed by atoms with E-state index in [4.69, 9.17) is 21.6 Å². The largest absolute Gasteiger partial charge is 0.435 e. The highest BCUT2D eigenvalue weighted by molar-refractivity contribution is 6.31. The molecule has 1 aromatic carbocycles. The number of nitrogens with zero attached hydrogens (tertiary/aromatic N) is 5. The maximum Gasteiger partial charge on any atom is 0.417 e. The number of aryl methyl sites for hydroxylation is 1. The average molecular weight is 404 g/mol. The predicted molar refractivity (Wildman–Crippen MR) is 92.1 cm³/mol. The van der Waals surface area contributed by atoms with Crippen LogP contribution in [0.4, 0.5) is 13.2 Å². The molecule has 0 bridgehead atoms. The third-order valence-electron chi connectivity index (χ3n) is 3.76. The first-order chi connectivity index (χ1) is 13.3. The van der Waals surface area contributed by atoms with E-state index >= 15 is 0 Å². The van der Waals surface area contributed by atoms with Crippen molar-refractivity contribution in [2.24, 2.45) is 0 Å². The van der Waals surface area contributed by atoms with E-state index in [9.17, 15) is 18.4 Å². The Morgan fingerprint density at radius 3 is 2.54 bits per heavy atom. The van der Waals surface area contributed by atoms with Crippen molar-refractivity contribution in [3.05, 3.63) is 64.3 Å². The number of halogens is 4. The van der Waals surface area contributed by atoms with Crippen molar-refractivity contribution in [2.45, 2.75) is 13.1 Å². The van der Waals surface area contributed by atoms with Gasteiger partial charge in [-0.3, -0.25) is 4.57 Å². The highest BCUT2D eigenvalue weighted by atomic mass is 35.5. The molecule has 0 N–H and O–H groups in total. The first-order valence-electron chi connectivity index (χ1n) is 7.64. The molecule has 0 saturated heterocycles. The molecule has 0 saturated carbocycles. The van der Waals surface area contributed by atoms with Crippen LogP contribution in [0.1, 0.15) is 22.5 Å². The highest BCUT2D eigenvalue weighted by Gasteiger charge is 2.32. The lowest BCUT2D eigenvalue weighted by atomic mass is 10.2. The van der Waals surface area contributed by atoms with Crippen LogP contribution in [-0.2, 0) is 6.18 Å². The van der Waals surface area contributed by atoms with Crippen LogP contribution in [-0.4, -0.2) is 14.5 Å². The first kappa shape index (κ1) is 19.2. The Hall–Kier alpha value is -3.56. The summed E-state index contributed by atoms with van der Waals surface area (Å²) in [7, 11) is 0. The van der Waals surface area contributed by atoms with Crippen molar-refractivity contribution in [2.75, 3.05) is 0 Å². The standard InChI is InChI=1S/C18H9ClF3N5O/c1-10-3-2-4-14(27-9-26-13(6-23)15(27)7-24)16(10)28-17-12(19)5-11(8-25-17)18(20,21)22/h2-5,8-9H,1H3. The monoisotopic (exact) mass is 403 g/mol. The van der Waals surface area contributed by atoms with Crippen LogP contribution in [0.15, 0.2) is 36.8 Å². The summed E-state index contributed by atoms with van der Waals surface area (Å²) >= 11 is 5.92. The highest BCUT2D eigenvalue weighted by Crippen LogP contribution is 2.37. The topological polar surface area (TPSA) is 87.5 Å². The Labute approximate surface area is 162 Å². The number of hydrogen-bond acceptors (Lipinski definition) is 5. The summed E-state index contributed by atoms with van der Waals surface area (Å²) in [5.41, 5.74) is -0.130. The Morgan fingerprint density at radius 1 is 1.18 bits per heavy atom. The van der Waals surface area contributed by atoms with Crippen molar-refractivity contribution < 1.29 is 17.9 Å². The summed E-state index contributed by atoms with van der Waals surface area (Å²) < 4.78 is 45.4. The van der Waals surface area contributed by atoms with Gasteiger partial charge < -0.3 is 4.74 Å². The molecule has 0 radical (unpaired) electrons. The Kier molecular flexibility index (Phi) is 4.95. The molecule has 2 aromatic heterocycles. The average Bonchev–Trinajstić information content (AvgIpc) is 3.06. The molecule has 0 unspecified atom stereocenters. The predicted octanol–water partition coefficient (Wildman–Crippen LogP) is 4.78. The zero-order valence-corrected chi connectivity index (χ0v) is 14.9. The summed E-state index contributed by atoms with van der Waals surface area (Å²) in [6.45, 7) is 1.70. The van der Waals surface area contributed by atoms with E-state index in [2.05, 4.69) is 9.97 Å². The van der Waals surface area contributed by atoms with Crippen LogP contribution in [0.2, 0.25) is 5.02 Å². The van der Waals surface area contributed by atoms with E-state index in [0.717, 1.165) is 0 Å². The van der Waals surface area contributed by atoms with Gasteiger partial charge in [0.1, 0.15) is 23.5 Å². The van der Waals surface area contributed by atoms with Crippen LogP contribution in [0.3, 0.4) is 0 Å². The van der Waals surface area contributed by atoms with Gasteiger partial charge in [0.05, 0.1) is 11.3 Å². The normalized spacial score (nSPS) is 11.0. The minimum Gasteiger partial charge on any atom is -0.435 e. The van der Waals surface area contributed by atoms with Gasteiger partial charge in [-0.25, -0.2) is 9.97 Å². The van der Waals surface area contributed by atoms with Crippen LogP contribution in [0.25, 0.3) is 5.69 Å². The summed E-state index contributed by atoms with van der Waals surface area (Å²) in [5.74, 6) is -0.0283. The number of benzene rings is 1. The number of hydrogen-bond donors (Lipinski definition) is 0. The summed E-state index contributed by atoms with van der Waals surface area (Å²) in [6.07, 6.45) is -2.69. The Morgan fingerprint density at radius 2 is 1.93 bits per heavy atom. The summed E-state index contributed by atoms with van der Waals surface area (Å²) in [5, 5.41) is 18.1. The molecule has 0 spiro atoms. The second-order valence-corrected chi connectivity index (χ2v) is 5.98. The quantitative estimate of drug-likeness (QED) is 0.627. The first-order valence-corrected chi connectivity index (χ1v) is 8.02. The molecule has 0 fully saturated rings. The lowest BCUT2D eigenvalue weighted by molar-refractivity contribution is -0.137. The van der Waals surface area contributed by atoms with Gasteiger partial charge in [0.2, 0.25) is 5.88 Å². The van der Waals surface area contributed by atoms with E-state index in [-0.39, 0.29) is 28.0 Å². The maximum absolute atomic E-state index is 12.8. The number of para-hydroxylation sites is 1. The number of ether oxygens (including phenoxy) is 1. The fourth-order valence-electron chi connectivity index (χ4n) is 2.43. The lowest BCUT2D eigenvalue weighted by Crippen LogP contribution is -2.06. The van der Waals surface area contributed by atoms with Crippen molar-refractivity contribution >= 4 is 11.6 Å². The van der Waals surface area contributed by atoms with Crippen LogP contribution >= 0.6 is 11.6 Å². The van der Waals surface area contributed by atoms with E-state index in [1.165, 1.54) is 10.9 Å². The number of nitriles is 2. The van der Waals surface area contributed by atoms with E-state index < -0.39 is 11.7 Å². The fourth-order valence-corrected chi connectivity index (χ4v) is 2.64. The SMILES string of the molecule is Cc1cccc(-n2cnc(C#N)c2C#N)c1Oc1ncc(C(F)(F)F)cc1Cl. The third-order valence-corrected chi connectivity index (χ3v) is 4.03. The van der Waals surface area contributed by atoms with Crippen molar-refractivity contribution in [1.29, 1.82) is 10.5 Å².